The highest BCUT2D eigenvalue weighted by Gasteiger charge is 2.40. The Morgan fingerprint density at radius 2 is 2.19 bits per heavy atom. The van der Waals surface area contributed by atoms with Gasteiger partial charge in [0, 0.05) is 13.6 Å². The molecule has 1 fully saturated rings. The first-order valence-corrected chi connectivity index (χ1v) is 5.62. The largest absolute Gasteiger partial charge is 0.465 e. The standard InChI is InChI=1S/C11H20N2O3/c1-4-16-9(14)7-13-6-5-11(2,8-13)10(15)12-3/h4-8H2,1-3H3,(H,12,15). The van der Waals surface area contributed by atoms with Crippen molar-refractivity contribution in [3.8, 4) is 0 Å². The van der Waals surface area contributed by atoms with E-state index in [-0.39, 0.29) is 23.8 Å². The zero-order chi connectivity index (χ0) is 12.2. The number of rotatable bonds is 4. The molecule has 5 heteroatoms. The Morgan fingerprint density at radius 3 is 2.75 bits per heavy atom. The Balaban J connectivity index is 2.46. The number of carbonyl (C=O) groups is 2. The fourth-order valence-electron chi connectivity index (χ4n) is 2.07. The molecule has 92 valence electrons. The number of nitrogens with one attached hydrogen (secondary N) is 1. The number of esters is 1. The van der Waals surface area contributed by atoms with Crippen molar-refractivity contribution in [1.82, 2.24) is 10.2 Å². The van der Waals surface area contributed by atoms with Crippen molar-refractivity contribution in [3.05, 3.63) is 0 Å². The summed E-state index contributed by atoms with van der Waals surface area (Å²) in [6.07, 6.45) is 0.784. The molecule has 16 heavy (non-hydrogen) atoms. The first kappa shape index (κ1) is 13.0. The molecule has 1 unspecified atom stereocenters. The molecule has 1 aliphatic heterocycles. The van der Waals surface area contributed by atoms with Gasteiger partial charge >= 0.3 is 5.97 Å². The molecule has 0 radical (unpaired) electrons. The second kappa shape index (κ2) is 5.30. The zero-order valence-corrected chi connectivity index (χ0v) is 10.2. The molecule has 0 aliphatic carbocycles. The third-order valence-corrected chi connectivity index (χ3v) is 2.99. The molecular weight excluding hydrogens is 208 g/mol. The maximum Gasteiger partial charge on any atom is 0.320 e. The number of carbonyl (C=O) groups excluding carboxylic acids is 2. The smallest absolute Gasteiger partial charge is 0.320 e. The summed E-state index contributed by atoms with van der Waals surface area (Å²) in [5.74, 6) is -0.178. The van der Waals surface area contributed by atoms with Crippen molar-refractivity contribution in [1.29, 1.82) is 0 Å². The predicted octanol–water partition coefficient (Wildman–Crippen LogP) is 0.00750. The average Bonchev–Trinajstić information content (AvgIpc) is 2.60. The van der Waals surface area contributed by atoms with Crippen LogP contribution in [0, 0.1) is 5.41 Å². The van der Waals surface area contributed by atoms with E-state index in [0.29, 0.717) is 13.2 Å². The van der Waals surface area contributed by atoms with Gasteiger partial charge in [-0.25, -0.2) is 0 Å². The number of likely N-dealkylation sites (tertiary alicyclic amines) is 1. The van der Waals surface area contributed by atoms with Crippen LogP contribution in [-0.4, -0.2) is 50.1 Å². The van der Waals surface area contributed by atoms with Crippen molar-refractivity contribution in [2.75, 3.05) is 33.3 Å². The van der Waals surface area contributed by atoms with Crippen molar-refractivity contribution in [2.45, 2.75) is 20.3 Å². The van der Waals surface area contributed by atoms with E-state index in [2.05, 4.69) is 5.32 Å². The molecule has 1 heterocycles. The van der Waals surface area contributed by atoms with Crippen LogP contribution in [0.2, 0.25) is 0 Å². The molecule has 0 bridgehead atoms. The average molecular weight is 228 g/mol. The molecule has 5 nitrogen and oxygen atoms in total. The van der Waals surface area contributed by atoms with E-state index < -0.39 is 0 Å². The topological polar surface area (TPSA) is 58.6 Å². The third-order valence-electron chi connectivity index (χ3n) is 2.99. The highest BCUT2D eigenvalue weighted by Crippen LogP contribution is 2.29. The van der Waals surface area contributed by atoms with E-state index in [0.717, 1.165) is 13.0 Å². The molecule has 1 rings (SSSR count). The number of ether oxygens (including phenoxy) is 1. The molecule has 0 aromatic rings. The highest BCUT2D eigenvalue weighted by atomic mass is 16.5. The third kappa shape index (κ3) is 2.95. The summed E-state index contributed by atoms with van der Waals surface area (Å²) in [6.45, 7) is 5.78. The molecule has 0 aromatic carbocycles. The van der Waals surface area contributed by atoms with Gasteiger partial charge in [0.25, 0.3) is 0 Å². The Bertz CT molecular complexity index is 280. The Hall–Kier alpha value is -1.10. The number of nitrogens with zero attached hydrogens (tertiary/aromatic N) is 1. The first-order chi connectivity index (χ1) is 7.51. The number of hydrogen-bond donors (Lipinski definition) is 1. The van der Waals surface area contributed by atoms with Crippen LogP contribution in [0.1, 0.15) is 20.3 Å². The second-order valence-corrected chi connectivity index (χ2v) is 4.41. The van der Waals surface area contributed by atoms with E-state index in [1.165, 1.54) is 0 Å². The van der Waals surface area contributed by atoms with Gasteiger partial charge in [-0.15, -0.1) is 0 Å². The van der Waals surface area contributed by atoms with Crippen molar-refractivity contribution in [3.63, 3.8) is 0 Å². The lowest BCUT2D eigenvalue weighted by Gasteiger charge is -2.22. The van der Waals surface area contributed by atoms with Crippen molar-refractivity contribution in [2.24, 2.45) is 5.41 Å². The number of hydrogen-bond acceptors (Lipinski definition) is 4. The molecule has 0 aromatic heterocycles. The van der Waals surface area contributed by atoms with Gasteiger partial charge in [0.05, 0.1) is 18.6 Å². The summed E-state index contributed by atoms with van der Waals surface area (Å²) in [7, 11) is 1.64. The summed E-state index contributed by atoms with van der Waals surface area (Å²) >= 11 is 0. The van der Waals surface area contributed by atoms with Crippen LogP contribution in [0.4, 0.5) is 0 Å². The van der Waals surface area contributed by atoms with Crippen LogP contribution in [0.25, 0.3) is 0 Å². The minimum absolute atomic E-state index is 0.0406. The normalized spacial score (nSPS) is 25.4. The van der Waals surface area contributed by atoms with E-state index in [1.807, 2.05) is 11.8 Å². The molecule has 1 amide bonds. The summed E-state index contributed by atoms with van der Waals surface area (Å²) in [5.41, 5.74) is -0.374. The predicted molar refractivity (Wildman–Crippen MR) is 59.9 cm³/mol. The number of amides is 1. The summed E-state index contributed by atoms with van der Waals surface area (Å²) < 4.78 is 4.88. The molecular formula is C11H20N2O3. The lowest BCUT2D eigenvalue weighted by Crippen LogP contribution is -2.40. The van der Waals surface area contributed by atoms with Crippen molar-refractivity contribution >= 4 is 11.9 Å². The van der Waals surface area contributed by atoms with Crippen LogP contribution >= 0.6 is 0 Å². The molecule has 1 aliphatic rings. The van der Waals surface area contributed by atoms with Gasteiger partial charge in [0.1, 0.15) is 0 Å². The molecule has 0 saturated carbocycles. The molecule has 0 spiro atoms. The zero-order valence-electron chi connectivity index (χ0n) is 10.2. The van der Waals surface area contributed by atoms with E-state index in [4.69, 9.17) is 4.74 Å². The van der Waals surface area contributed by atoms with Crippen LogP contribution in [0.15, 0.2) is 0 Å². The lowest BCUT2D eigenvalue weighted by molar-refractivity contribution is -0.144. The highest BCUT2D eigenvalue weighted by molar-refractivity contribution is 5.82. The molecule has 1 N–H and O–H groups in total. The monoisotopic (exact) mass is 228 g/mol. The fraction of sp³-hybridized carbons (Fsp3) is 0.818. The maximum atomic E-state index is 11.6. The summed E-state index contributed by atoms with van der Waals surface area (Å²) in [4.78, 5) is 24.9. The Labute approximate surface area is 96.1 Å². The Morgan fingerprint density at radius 1 is 1.50 bits per heavy atom. The maximum absolute atomic E-state index is 11.6. The van der Waals surface area contributed by atoms with Gasteiger partial charge in [0.15, 0.2) is 0 Å². The Kier molecular flexibility index (Phi) is 4.29. The van der Waals surface area contributed by atoms with Crippen LogP contribution < -0.4 is 5.32 Å². The van der Waals surface area contributed by atoms with Gasteiger partial charge in [-0.3, -0.25) is 14.5 Å². The quantitative estimate of drug-likeness (QED) is 0.688. The molecule has 1 atom stereocenters. The van der Waals surface area contributed by atoms with Gasteiger partial charge in [-0.2, -0.15) is 0 Å². The van der Waals surface area contributed by atoms with Gasteiger partial charge in [-0.05, 0) is 26.8 Å². The second-order valence-electron chi connectivity index (χ2n) is 4.41. The summed E-state index contributed by atoms with van der Waals surface area (Å²) in [5, 5.41) is 2.66. The minimum Gasteiger partial charge on any atom is -0.465 e. The molecule has 1 saturated heterocycles. The fourth-order valence-corrected chi connectivity index (χ4v) is 2.07. The van der Waals surface area contributed by atoms with Gasteiger partial charge in [0.2, 0.25) is 5.91 Å². The van der Waals surface area contributed by atoms with E-state index in [9.17, 15) is 9.59 Å². The van der Waals surface area contributed by atoms with Crippen LogP contribution in [0.5, 0.6) is 0 Å². The van der Waals surface area contributed by atoms with Gasteiger partial charge in [-0.1, -0.05) is 0 Å². The van der Waals surface area contributed by atoms with Crippen molar-refractivity contribution < 1.29 is 14.3 Å². The minimum atomic E-state index is -0.374. The SMILES string of the molecule is CCOC(=O)CN1CCC(C)(C(=O)NC)C1. The van der Waals surface area contributed by atoms with Crippen LogP contribution in [0.3, 0.4) is 0 Å². The van der Waals surface area contributed by atoms with Gasteiger partial charge < -0.3 is 10.1 Å². The summed E-state index contributed by atoms with van der Waals surface area (Å²) in [6, 6.07) is 0. The van der Waals surface area contributed by atoms with E-state index in [1.54, 1.807) is 14.0 Å². The first-order valence-electron chi connectivity index (χ1n) is 5.62. The lowest BCUT2D eigenvalue weighted by atomic mass is 9.89. The van der Waals surface area contributed by atoms with Crippen LogP contribution in [-0.2, 0) is 14.3 Å². The van der Waals surface area contributed by atoms with E-state index >= 15 is 0 Å².